The fourth-order valence-corrected chi connectivity index (χ4v) is 5.45. The smallest absolute Gasteiger partial charge is 0.272 e. The first-order valence-corrected chi connectivity index (χ1v) is 14.1. The molecule has 3 aromatic heterocycles. The molecule has 0 spiro atoms. The third-order valence-corrected chi connectivity index (χ3v) is 7.87. The zero-order valence-electron chi connectivity index (χ0n) is 23.6. The molecule has 2 atom stereocenters. The molecule has 1 saturated carbocycles. The first-order valence-electron chi connectivity index (χ1n) is 14.1. The topological polar surface area (TPSA) is 135 Å². The molecule has 2 aliphatic rings. The number of oxazole rings is 1. The average molecular weight is 600 g/mol. The van der Waals surface area contributed by atoms with Crippen molar-refractivity contribution in [3.05, 3.63) is 83.9 Å². The van der Waals surface area contributed by atoms with Gasteiger partial charge in [0.15, 0.2) is 11.4 Å². The fourth-order valence-electron chi connectivity index (χ4n) is 5.45. The van der Waals surface area contributed by atoms with Crippen molar-refractivity contribution in [2.24, 2.45) is 13.0 Å². The number of halogens is 2. The standard InChI is InChI=1S/C30H27F2N9O3/c1-39-37-26(36-38-39)25(18-5-3-2-4-6-18)40-11-13-41(14-12-40)29(43)23-15-19(9-10-33-23)28-35-22-16-20(7-8-24(22)44-28)34-27(42)21-17-30(21,31)32/h2-10,15-16,21,25H,11-14,17H2,1H3,(H,34,42). The van der Waals surface area contributed by atoms with Crippen molar-refractivity contribution in [3.8, 4) is 11.5 Å². The van der Waals surface area contributed by atoms with Gasteiger partial charge in [0.25, 0.3) is 11.8 Å². The number of carbonyl (C=O) groups excluding carboxylic acids is 2. The molecule has 0 radical (unpaired) electrons. The Hall–Kier alpha value is -5.11. The van der Waals surface area contributed by atoms with E-state index in [0.717, 1.165) is 5.56 Å². The number of piperazine rings is 1. The van der Waals surface area contributed by atoms with Gasteiger partial charge in [-0.1, -0.05) is 30.3 Å². The molecule has 44 heavy (non-hydrogen) atoms. The minimum Gasteiger partial charge on any atom is -0.436 e. The van der Waals surface area contributed by atoms with Gasteiger partial charge in [-0.05, 0) is 41.1 Å². The van der Waals surface area contributed by atoms with Crippen molar-refractivity contribution in [1.29, 1.82) is 0 Å². The van der Waals surface area contributed by atoms with Gasteiger partial charge in [0.2, 0.25) is 11.8 Å². The Morgan fingerprint density at radius 3 is 2.52 bits per heavy atom. The molecule has 14 heteroatoms. The highest BCUT2D eigenvalue weighted by Gasteiger charge is 2.61. The maximum absolute atomic E-state index is 13.5. The summed E-state index contributed by atoms with van der Waals surface area (Å²) in [6.45, 7) is 2.17. The number of rotatable bonds is 7. The summed E-state index contributed by atoms with van der Waals surface area (Å²) in [6.07, 6.45) is 1.09. The van der Waals surface area contributed by atoms with E-state index < -0.39 is 24.2 Å². The van der Waals surface area contributed by atoms with Crippen LogP contribution in [0.5, 0.6) is 0 Å². The van der Waals surface area contributed by atoms with Crippen LogP contribution in [0.25, 0.3) is 22.6 Å². The Morgan fingerprint density at radius 1 is 1.05 bits per heavy atom. The van der Waals surface area contributed by atoms with Crippen molar-refractivity contribution in [3.63, 3.8) is 0 Å². The van der Waals surface area contributed by atoms with Gasteiger partial charge in [0.1, 0.15) is 17.1 Å². The van der Waals surface area contributed by atoms with Crippen LogP contribution >= 0.6 is 0 Å². The largest absolute Gasteiger partial charge is 0.436 e. The number of aromatic nitrogens is 6. The van der Waals surface area contributed by atoms with Crippen molar-refractivity contribution in [2.45, 2.75) is 18.4 Å². The molecule has 4 heterocycles. The van der Waals surface area contributed by atoms with Gasteiger partial charge < -0.3 is 14.6 Å². The third-order valence-electron chi connectivity index (χ3n) is 7.87. The summed E-state index contributed by atoms with van der Waals surface area (Å²) in [4.78, 5) is 39.8. The van der Waals surface area contributed by atoms with E-state index in [1.165, 1.54) is 11.0 Å². The normalized spacial score (nSPS) is 18.7. The van der Waals surface area contributed by atoms with Gasteiger partial charge in [0, 0.05) is 50.0 Å². The minimum atomic E-state index is -2.95. The second kappa shape index (κ2) is 10.9. The van der Waals surface area contributed by atoms with E-state index in [0.29, 0.717) is 54.4 Å². The van der Waals surface area contributed by atoms with Crippen LogP contribution in [0.2, 0.25) is 0 Å². The van der Waals surface area contributed by atoms with Gasteiger partial charge in [-0.25, -0.2) is 13.8 Å². The SMILES string of the molecule is Cn1nnc(C(c2ccccc2)N2CCN(C(=O)c3cc(-c4nc5cc(NC(=O)C6CC6(F)F)ccc5o4)ccn3)CC2)n1. The van der Waals surface area contributed by atoms with E-state index in [2.05, 4.69) is 35.6 Å². The molecule has 1 aliphatic heterocycles. The number of aryl methyl sites for hydroxylation is 1. The van der Waals surface area contributed by atoms with E-state index in [1.807, 2.05) is 30.3 Å². The first kappa shape index (κ1) is 27.7. The number of nitrogens with zero attached hydrogens (tertiary/aromatic N) is 8. The predicted molar refractivity (Wildman–Crippen MR) is 153 cm³/mol. The molecule has 5 aromatic rings. The molecular formula is C30H27F2N9O3. The van der Waals surface area contributed by atoms with Crippen LogP contribution in [0.3, 0.4) is 0 Å². The number of hydrogen-bond donors (Lipinski definition) is 1. The Kier molecular flexibility index (Phi) is 6.84. The lowest BCUT2D eigenvalue weighted by atomic mass is 10.0. The number of amides is 2. The Bertz CT molecular complexity index is 1850. The van der Waals surface area contributed by atoms with Crippen LogP contribution in [-0.4, -0.2) is 83.9 Å². The van der Waals surface area contributed by atoms with Gasteiger partial charge in [-0.3, -0.25) is 19.5 Å². The summed E-state index contributed by atoms with van der Waals surface area (Å²) in [5.41, 5.74) is 3.09. The van der Waals surface area contributed by atoms with Crippen LogP contribution in [0.4, 0.5) is 14.5 Å². The van der Waals surface area contributed by atoms with Crippen molar-refractivity contribution in [2.75, 3.05) is 31.5 Å². The lowest BCUT2D eigenvalue weighted by molar-refractivity contribution is -0.119. The summed E-state index contributed by atoms with van der Waals surface area (Å²) in [6, 6.07) is 17.9. The highest BCUT2D eigenvalue weighted by molar-refractivity contribution is 5.97. The number of anilines is 1. The third kappa shape index (κ3) is 5.39. The molecule has 7 rings (SSSR count). The number of tetrazole rings is 1. The predicted octanol–water partition coefficient (Wildman–Crippen LogP) is 3.55. The maximum Gasteiger partial charge on any atom is 0.272 e. The highest BCUT2D eigenvalue weighted by Crippen LogP contribution is 2.49. The molecule has 1 saturated heterocycles. The van der Waals surface area contributed by atoms with Gasteiger partial charge in [-0.15, -0.1) is 10.2 Å². The molecule has 224 valence electrons. The molecule has 1 N–H and O–H groups in total. The number of fused-ring (bicyclic) bond motifs is 1. The zero-order chi connectivity index (χ0) is 30.4. The summed E-state index contributed by atoms with van der Waals surface area (Å²) in [7, 11) is 1.73. The minimum absolute atomic E-state index is 0.189. The highest BCUT2D eigenvalue weighted by atomic mass is 19.3. The first-order chi connectivity index (χ1) is 21.2. The van der Waals surface area contributed by atoms with Crippen LogP contribution < -0.4 is 5.32 Å². The molecule has 1 aliphatic carbocycles. The van der Waals surface area contributed by atoms with E-state index in [9.17, 15) is 18.4 Å². The number of carbonyl (C=O) groups is 2. The van der Waals surface area contributed by atoms with E-state index in [-0.39, 0.29) is 23.5 Å². The molecule has 12 nitrogen and oxygen atoms in total. The summed E-state index contributed by atoms with van der Waals surface area (Å²) in [5.74, 6) is -4.32. The zero-order valence-corrected chi connectivity index (χ0v) is 23.6. The molecule has 2 aromatic carbocycles. The van der Waals surface area contributed by atoms with E-state index >= 15 is 0 Å². The van der Waals surface area contributed by atoms with Crippen LogP contribution in [0, 0.1) is 5.92 Å². The number of nitrogens with one attached hydrogen (secondary N) is 1. The van der Waals surface area contributed by atoms with Gasteiger partial charge in [-0.2, -0.15) is 4.80 Å². The molecular weight excluding hydrogens is 572 g/mol. The van der Waals surface area contributed by atoms with Crippen molar-refractivity contribution in [1.82, 2.24) is 40.0 Å². The maximum atomic E-state index is 13.5. The van der Waals surface area contributed by atoms with Gasteiger partial charge in [0.05, 0.1) is 13.1 Å². The monoisotopic (exact) mass is 599 g/mol. The average Bonchev–Trinajstić information content (AvgIpc) is 3.32. The second-order valence-electron chi connectivity index (χ2n) is 10.9. The second-order valence-corrected chi connectivity index (χ2v) is 10.9. The Morgan fingerprint density at radius 2 is 1.82 bits per heavy atom. The van der Waals surface area contributed by atoms with Crippen molar-refractivity contribution < 1.29 is 22.8 Å². The summed E-state index contributed by atoms with van der Waals surface area (Å²) >= 11 is 0. The number of pyridine rings is 1. The quantitative estimate of drug-likeness (QED) is 0.298. The number of hydrogen-bond acceptors (Lipinski definition) is 9. The van der Waals surface area contributed by atoms with E-state index in [4.69, 9.17) is 4.42 Å². The van der Waals surface area contributed by atoms with Crippen LogP contribution in [0.15, 0.2) is 71.3 Å². The van der Waals surface area contributed by atoms with Gasteiger partial charge >= 0.3 is 0 Å². The number of benzene rings is 2. The molecule has 2 unspecified atom stereocenters. The summed E-state index contributed by atoms with van der Waals surface area (Å²) in [5, 5.41) is 15.3. The lowest BCUT2D eigenvalue weighted by Crippen LogP contribution is -2.50. The molecule has 2 amide bonds. The number of alkyl halides is 2. The Labute approximate surface area is 249 Å². The summed E-state index contributed by atoms with van der Waals surface area (Å²) < 4.78 is 32.4. The molecule has 2 fully saturated rings. The Balaban J connectivity index is 1.04. The van der Waals surface area contributed by atoms with Crippen LogP contribution in [0.1, 0.15) is 34.3 Å². The van der Waals surface area contributed by atoms with Crippen molar-refractivity contribution >= 4 is 28.6 Å². The van der Waals surface area contributed by atoms with Crippen LogP contribution in [-0.2, 0) is 11.8 Å². The fraction of sp³-hybridized carbons (Fsp3) is 0.300. The molecule has 0 bridgehead atoms. The lowest BCUT2D eigenvalue weighted by Gasteiger charge is -2.38. The van der Waals surface area contributed by atoms with E-state index in [1.54, 1.807) is 42.3 Å².